The second-order valence-electron chi connectivity index (χ2n) is 5.68. The minimum Gasteiger partial charge on any atom is -0.497 e. The number of aliphatic hydroxyl groups is 1. The highest BCUT2D eigenvalue weighted by molar-refractivity contribution is 9.10. The van der Waals surface area contributed by atoms with Crippen LogP contribution in [0.15, 0.2) is 22.7 Å². The third kappa shape index (κ3) is 3.96. The molecule has 1 aromatic carbocycles. The van der Waals surface area contributed by atoms with Crippen LogP contribution in [-0.4, -0.2) is 24.9 Å². The van der Waals surface area contributed by atoms with Crippen molar-refractivity contribution in [3.8, 4) is 5.75 Å². The fourth-order valence-electron chi connectivity index (χ4n) is 2.94. The Balaban J connectivity index is 1.93. The molecule has 112 valence electrons. The van der Waals surface area contributed by atoms with Crippen molar-refractivity contribution in [1.29, 1.82) is 0 Å². The Labute approximate surface area is 129 Å². The molecule has 0 aliphatic heterocycles. The van der Waals surface area contributed by atoms with Crippen LogP contribution in [0.5, 0.6) is 5.75 Å². The second kappa shape index (κ2) is 7.43. The van der Waals surface area contributed by atoms with Crippen LogP contribution in [0.4, 0.5) is 0 Å². The Morgan fingerprint density at radius 1 is 1.35 bits per heavy atom. The smallest absolute Gasteiger partial charge is 0.120 e. The number of hydrogen-bond acceptors (Lipinski definition) is 3. The third-order valence-corrected chi connectivity index (χ3v) is 4.95. The summed E-state index contributed by atoms with van der Waals surface area (Å²) < 4.78 is 6.31. The molecule has 1 aliphatic carbocycles. The van der Waals surface area contributed by atoms with Gasteiger partial charge in [-0.15, -0.1) is 0 Å². The number of aliphatic hydroxyl groups excluding tert-OH is 1. The van der Waals surface area contributed by atoms with Crippen molar-refractivity contribution in [2.75, 3.05) is 13.7 Å². The molecule has 0 heterocycles. The number of ether oxygens (including phenoxy) is 1. The maximum Gasteiger partial charge on any atom is 0.120 e. The van der Waals surface area contributed by atoms with E-state index < -0.39 is 0 Å². The Morgan fingerprint density at radius 3 is 2.60 bits per heavy atom. The molecule has 20 heavy (non-hydrogen) atoms. The van der Waals surface area contributed by atoms with E-state index in [1.54, 1.807) is 7.11 Å². The monoisotopic (exact) mass is 341 g/mol. The molecule has 2 rings (SSSR count). The van der Waals surface area contributed by atoms with Crippen LogP contribution in [0, 0.1) is 5.92 Å². The van der Waals surface area contributed by atoms with E-state index in [0.29, 0.717) is 24.6 Å². The zero-order valence-corrected chi connectivity index (χ0v) is 13.8. The standard InChI is InChI=1S/C16H24BrNO2/c1-11(15-8-7-14(20-2)9-16(15)17)18-13-5-3-12(10-19)4-6-13/h7-9,11-13,18-19H,3-6,10H2,1-2H3. The summed E-state index contributed by atoms with van der Waals surface area (Å²) in [6.45, 7) is 2.54. The van der Waals surface area contributed by atoms with Crippen molar-refractivity contribution in [1.82, 2.24) is 5.32 Å². The van der Waals surface area contributed by atoms with Crippen LogP contribution in [-0.2, 0) is 0 Å². The van der Waals surface area contributed by atoms with E-state index in [-0.39, 0.29) is 0 Å². The molecule has 2 N–H and O–H groups in total. The lowest BCUT2D eigenvalue weighted by atomic mass is 9.86. The highest BCUT2D eigenvalue weighted by Gasteiger charge is 2.22. The summed E-state index contributed by atoms with van der Waals surface area (Å²) in [4.78, 5) is 0. The first-order valence-corrected chi connectivity index (χ1v) is 8.13. The van der Waals surface area contributed by atoms with Gasteiger partial charge >= 0.3 is 0 Å². The van der Waals surface area contributed by atoms with Gasteiger partial charge in [-0.1, -0.05) is 22.0 Å². The van der Waals surface area contributed by atoms with Crippen LogP contribution in [0.1, 0.15) is 44.2 Å². The molecule has 1 aromatic rings. The Kier molecular flexibility index (Phi) is 5.87. The third-order valence-electron chi connectivity index (χ3n) is 4.26. The van der Waals surface area contributed by atoms with Gasteiger partial charge in [-0.05, 0) is 56.2 Å². The second-order valence-corrected chi connectivity index (χ2v) is 6.53. The van der Waals surface area contributed by atoms with E-state index >= 15 is 0 Å². The summed E-state index contributed by atoms with van der Waals surface area (Å²) in [6, 6.07) is 6.99. The minimum absolute atomic E-state index is 0.311. The predicted molar refractivity (Wildman–Crippen MR) is 85.1 cm³/mol. The van der Waals surface area contributed by atoms with Gasteiger partial charge < -0.3 is 15.2 Å². The zero-order valence-electron chi connectivity index (χ0n) is 12.2. The van der Waals surface area contributed by atoms with Crippen molar-refractivity contribution in [3.63, 3.8) is 0 Å². The lowest BCUT2D eigenvalue weighted by Crippen LogP contribution is -2.35. The summed E-state index contributed by atoms with van der Waals surface area (Å²) in [5.74, 6) is 1.38. The number of methoxy groups -OCH3 is 1. The predicted octanol–water partition coefficient (Wildman–Crippen LogP) is 3.66. The Morgan fingerprint density at radius 2 is 2.05 bits per heavy atom. The average Bonchev–Trinajstić information content (AvgIpc) is 2.47. The van der Waals surface area contributed by atoms with Crippen molar-refractivity contribution >= 4 is 15.9 Å². The molecule has 0 radical (unpaired) electrons. The SMILES string of the molecule is COc1ccc(C(C)NC2CCC(CO)CC2)c(Br)c1. The van der Waals surface area contributed by atoms with Gasteiger partial charge in [0.05, 0.1) is 7.11 Å². The highest BCUT2D eigenvalue weighted by atomic mass is 79.9. The highest BCUT2D eigenvalue weighted by Crippen LogP contribution is 2.30. The fourth-order valence-corrected chi connectivity index (χ4v) is 3.64. The van der Waals surface area contributed by atoms with E-state index in [4.69, 9.17) is 4.74 Å². The summed E-state index contributed by atoms with van der Waals surface area (Å²) in [6.07, 6.45) is 4.57. The van der Waals surface area contributed by atoms with Crippen LogP contribution >= 0.6 is 15.9 Å². The minimum atomic E-state index is 0.311. The molecule has 0 saturated heterocycles. The van der Waals surface area contributed by atoms with E-state index in [2.05, 4.69) is 34.2 Å². The van der Waals surface area contributed by atoms with Crippen molar-refractivity contribution in [3.05, 3.63) is 28.2 Å². The van der Waals surface area contributed by atoms with Crippen LogP contribution in [0.2, 0.25) is 0 Å². The van der Waals surface area contributed by atoms with Crippen molar-refractivity contribution in [2.45, 2.75) is 44.7 Å². The fraction of sp³-hybridized carbons (Fsp3) is 0.625. The van der Waals surface area contributed by atoms with Gasteiger partial charge in [0.2, 0.25) is 0 Å². The van der Waals surface area contributed by atoms with E-state index in [0.717, 1.165) is 35.9 Å². The van der Waals surface area contributed by atoms with Crippen LogP contribution < -0.4 is 10.1 Å². The summed E-state index contributed by atoms with van der Waals surface area (Å²) in [7, 11) is 1.68. The topological polar surface area (TPSA) is 41.5 Å². The largest absolute Gasteiger partial charge is 0.497 e. The molecular formula is C16H24BrNO2. The van der Waals surface area contributed by atoms with Gasteiger partial charge in [0, 0.05) is 23.2 Å². The van der Waals surface area contributed by atoms with Crippen LogP contribution in [0.3, 0.4) is 0 Å². The number of nitrogens with one attached hydrogen (secondary N) is 1. The lowest BCUT2D eigenvalue weighted by molar-refractivity contribution is 0.172. The number of benzene rings is 1. The van der Waals surface area contributed by atoms with Crippen molar-refractivity contribution < 1.29 is 9.84 Å². The maximum atomic E-state index is 9.18. The molecular weight excluding hydrogens is 318 g/mol. The van der Waals surface area contributed by atoms with Gasteiger partial charge in [0.25, 0.3) is 0 Å². The van der Waals surface area contributed by atoms with Gasteiger partial charge in [-0.25, -0.2) is 0 Å². The summed E-state index contributed by atoms with van der Waals surface area (Å²) in [5.41, 5.74) is 1.26. The lowest BCUT2D eigenvalue weighted by Gasteiger charge is -2.30. The van der Waals surface area contributed by atoms with Crippen molar-refractivity contribution in [2.24, 2.45) is 5.92 Å². The number of rotatable bonds is 5. The molecule has 1 unspecified atom stereocenters. The quantitative estimate of drug-likeness (QED) is 0.858. The zero-order chi connectivity index (χ0) is 14.5. The van der Waals surface area contributed by atoms with E-state index in [1.165, 1.54) is 5.56 Å². The average molecular weight is 342 g/mol. The first-order valence-electron chi connectivity index (χ1n) is 7.34. The Hall–Kier alpha value is -0.580. The normalized spacial score (nSPS) is 24.4. The molecule has 1 saturated carbocycles. The molecule has 0 amide bonds. The van der Waals surface area contributed by atoms with Crippen LogP contribution in [0.25, 0.3) is 0 Å². The summed E-state index contributed by atoms with van der Waals surface area (Å²) >= 11 is 3.62. The molecule has 4 heteroatoms. The molecule has 1 fully saturated rings. The molecule has 0 spiro atoms. The summed E-state index contributed by atoms with van der Waals surface area (Å²) in [5, 5.41) is 12.9. The van der Waals surface area contributed by atoms with E-state index in [9.17, 15) is 5.11 Å². The number of halogens is 1. The van der Waals surface area contributed by atoms with E-state index in [1.807, 2.05) is 12.1 Å². The maximum absolute atomic E-state index is 9.18. The first-order chi connectivity index (χ1) is 9.63. The molecule has 3 nitrogen and oxygen atoms in total. The van der Waals surface area contributed by atoms with Gasteiger partial charge in [0.15, 0.2) is 0 Å². The van der Waals surface area contributed by atoms with Gasteiger partial charge in [-0.2, -0.15) is 0 Å². The molecule has 0 aromatic heterocycles. The number of hydrogen-bond donors (Lipinski definition) is 2. The van der Waals surface area contributed by atoms with Gasteiger partial charge in [0.1, 0.15) is 5.75 Å². The first kappa shape index (κ1) is 15.8. The molecule has 1 atom stereocenters. The van der Waals surface area contributed by atoms with Gasteiger partial charge in [-0.3, -0.25) is 0 Å². The molecule has 1 aliphatic rings. The Bertz CT molecular complexity index is 430. The molecule has 0 bridgehead atoms.